The lowest BCUT2D eigenvalue weighted by atomic mass is 9.97. The van der Waals surface area contributed by atoms with Crippen LogP contribution in [0, 0.1) is 5.92 Å². The molecule has 0 unspecified atom stereocenters. The third-order valence-corrected chi connectivity index (χ3v) is 5.16. The van der Waals surface area contributed by atoms with E-state index in [2.05, 4.69) is 20.2 Å². The van der Waals surface area contributed by atoms with Crippen LogP contribution in [-0.4, -0.2) is 40.4 Å². The Hall–Kier alpha value is -2.60. The van der Waals surface area contributed by atoms with E-state index in [9.17, 15) is 4.79 Å². The van der Waals surface area contributed by atoms with Gasteiger partial charge in [0.1, 0.15) is 11.6 Å². The molecule has 6 nitrogen and oxygen atoms in total. The van der Waals surface area contributed by atoms with E-state index in [1.54, 1.807) is 6.26 Å². The minimum absolute atomic E-state index is 0.0694. The Balaban J connectivity index is 1.20. The van der Waals surface area contributed by atoms with E-state index in [1.165, 1.54) is 0 Å². The summed E-state index contributed by atoms with van der Waals surface area (Å²) in [5, 5.41) is 3.11. The molecule has 1 fully saturated rings. The number of imidazole rings is 1. The number of furan rings is 1. The average molecular weight is 366 g/mol. The zero-order chi connectivity index (χ0) is 18.5. The van der Waals surface area contributed by atoms with Gasteiger partial charge in [-0.15, -0.1) is 0 Å². The van der Waals surface area contributed by atoms with Gasteiger partial charge in [-0.05, 0) is 50.1 Å². The molecule has 1 amide bonds. The molecule has 3 aromatic rings. The quantitative estimate of drug-likeness (QED) is 0.630. The summed E-state index contributed by atoms with van der Waals surface area (Å²) in [6.45, 7) is 3.29. The summed E-state index contributed by atoms with van der Waals surface area (Å²) in [5.41, 5.74) is 2.06. The third kappa shape index (κ3) is 4.57. The van der Waals surface area contributed by atoms with Crippen LogP contribution in [0.5, 0.6) is 0 Å². The molecule has 0 aliphatic carbocycles. The molecule has 6 heteroatoms. The van der Waals surface area contributed by atoms with E-state index in [0.717, 1.165) is 67.9 Å². The number of rotatable bonds is 7. The van der Waals surface area contributed by atoms with Crippen molar-refractivity contribution < 1.29 is 9.21 Å². The Labute approximate surface area is 159 Å². The van der Waals surface area contributed by atoms with Crippen LogP contribution in [-0.2, 0) is 17.8 Å². The first-order valence-corrected chi connectivity index (χ1v) is 9.74. The summed E-state index contributed by atoms with van der Waals surface area (Å²) in [7, 11) is 0. The Morgan fingerprint density at radius 2 is 2.22 bits per heavy atom. The minimum atomic E-state index is 0.0694. The molecule has 3 heterocycles. The van der Waals surface area contributed by atoms with Crippen molar-refractivity contribution in [3.63, 3.8) is 0 Å². The van der Waals surface area contributed by atoms with Gasteiger partial charge in [0.2, 0.25) is 5.91 Å². The standard InChI is InChI=1S/C21H26N4O2/c26-21(16-6-4-12-25(14-16)15-17-7-5-13-27-17)22-11-3-10-20-23-18-8-1-2-9-19(18)24-20/h1-2,5,7-9,13,16H,3-4,6,10-12,14-15H2,(H,22,26)(H,23,24)/t16-/m0/s1. The number of hydrogen-bond acceptors (Lipinski definition) is 4. The highest BCUT2D eigenvalue weighted by atomic mass is 16.3. The Morgan fingerprint density at radius 3 is 3.07 bits per heavy atom. The maximum absolute atomic E-state index is 12.5. The minimum Gasteiger partial charge on any atom is -0.468 e. The van der Waals surface area contributed by atoms with Gasteiger partial charge >= 0.3 is 0 Å². The van der Waals surface area contributed by atoms with Crippen LogP contribution < -0.4 is 5.32 Å². The first kappa shape index (κ1) is 17.8. The van der Waals surface area contributed by atoms with E-state index in [-0.39, 0.29) is 11.8 Å². The van der Waals surface area contributed by atoms with Gasteiger partial charge in [0.25, 0.3) is 0 Å². The molecule has 0 spiro atoms. The van der Waals surface area contributed by atoms with Crippen molar-refractivity contribution in [2.24, 2.45) is 5.92 Å². The lowest BCUT2D eigenvalue weighted by molar-refractivity contribution is -0.126. The largest absolute Gasteiger partial charge is 0.468 e. The SMILES string of the molecule is O=C(NCCCc1nc2ccccc2[nH]1)[C@H]1CCCN(Cc2ccco2)C1. The maximum Gasteiger partial charge on any atom is 0.224 e. The van der Waals surface area contributed by atoms with Gasteiger partial charge in [0, 0.05) is 19.5 Å². The van der Waals surface area contributed by atoms with Gasteiger partial charge in [0.05, 0.1) is 29.8 Å². The van der Waals surface area contributed by atoms with Gasteiger partial charge in [0.15, 0.2) is 0 Å². The molecule has 1 aliphatic rings. The average Bonchev–Trinajstić information content (AvgIpc) is 3.34. The number of H-pyrrole nitrogens is 1. The molecule has 0 radical (unpaired) electrons. The molecular formula is C21H26N4O2. The first-order chi connectivity index (χ1) is 13.3. The second-order valence-corrected chi connectivity index (χ2v) is 7.25. The molecule has 4 rings (SSSR count). The Morgan fingerprint density at radius 1 is 1.30 bits per heavy atom. The summed E-state index contributed by atoms with van der Waals surface area (Å²) < 4.78 is 5.42. The van der Waals surface area contributed by atoms with Crippen LogP contribution in [0.25, 0.3) is 11.0 Å². The van der Waals surface area contributed by atoms with Crippen molar-refractivity contribution in [2.75, 3.05) is 19.6 Å². The third-order valence-electron chi connectivity index (χ3n) is 5.16. The summed E-state index contributed by atoms with van der Waals surface area (Å²) in [4.78, 5) is 22.7. The van der Waals surface area contributed by atoms with Crippen LogP contribution in [0.15, 0.2) is 47.1 Å². The first-order valence-electron chi connectivity index (χ1n) is 9.74. The number of benzene rings is 1. The lowest BCUT2D eigenvalue weighted by Crippen LogP contribution is -2.42. The van der Waals surface area contributed by atoms with Crippen LogP contribution in [0.2, 0.25) is 0 Å². The van der Waals surface area contributed by atoms with Crippen LogP contribution in [0.1, 0.15) is 30.8 Å². The second kappa shape index (κ2) is 8.39. The predicted octanol–water partition coefficient (Wildman–Crippen LogP) is 3.12. The van der Waals surface area contributed by atoms with Crippen molar-refractivity contribution in [1.82, 2.24) is 20.2 Å². The Bertz CT molecular complexity index is 838. The predicted molar refractivity (Wildman–Crippen MR) is 104 cm³/mol. The molecule has 2 aromatic heterocycles. The number of carbonyl (C=O) groups is 1. The topological polar surface area (TPSA) is 74.2 Å². The highest BCUT2D eigenvalue weighted by Crippen LogP contribution is 2.19. The van der Waals surface area contributed by atoms with Gasteiger partial charge in [-0.2, -0.15) is 0 Å². The fourth-order valence-electron chi connectivity index (χ4n) is 3.77. The number of hydrogen-bond donors (Lipinski definition) is 2. The number of aromatic nitrogens is 2. The number of piperidine rings is 1. The van der Waals surface area contributed by atoms with E-state index in [0.29, 0.717) is 6.54 Å². The van der Waals surface area contributed by atoms with Gasteiger partial charge in [-0.1, -0.05) is 12.1 Å². The number of nitrogens with one attached hydrogen (secondary N) is 2. The fraction of sp³-hybridized carbons (Fsp3) is 0.429. The molecule has 1 aromatic carbocycles. The molecule has 2 N–H and O–H groups in total. The zero-order valence-electron chi connectivity index (χ0n) is 15.5. The molecule has 27 heavy (non-hydrogen) atoms. The van der Waals surface area contributed by atoms with Gasteiger partial charge < -0.3 is 14.7 Å². The maximum atomic E-state index is 12.5. The number of amides is 1. The van der Waals surface area contributed by atoms with E-state index < -0.39 is 0 Å². The summed E-state index contributed by atoms with van der Waals surface area (Å²) in [6, 6.07) is 11.9. The number of likely N-dealkylation sites (tertiary alicyclic amines) is 1. The smallest absolute Gasteiger partial charge is 0.224 e. The number of carbonyl (C=O) groups excluding carboxylic acids is 1. The highest BCUT2D eigenvalue weighted by molar-refractivity contribution is 5.79. The van der Waals surface area contributed by atoms with Gasteiger partial charge in [-0.3, -0.25) is 9.69 Å². The highest BCUT2D eigenvalue weighted by Gasteiger charge is 2.25. The molecule has 1 saturated heterocycles. The van der Waals surface area contributed by atoms with Crippen molar-refractivity contribution in [1.29, 1.82) is 0 Å². The van der Waals surface area contributed by atoms with Crippen molar-refractivity contribution in [3.05, 3.63) is 54.2 Å². The zero-order valence-corrected chi connectivity index (χ0v) is 15.5. The van der Waals surface area contributed by atoms with E-state index in [1.807, 2.05) is 36.4 Å². The Kier molecular flexibility index (Phi) is 5.53. The van der Waals surface area contributed by atoms with Crippen LogP contribution in [0.3, 0.4) is 0 Å². The monoisotopic (exact) mass is 366 g/mol. The van der Waals surface area contributed by atoms with E-state index >= 15 is 0 Å². The second-order valence-electron chi connectivity index (χ2n) is 7.25. The van der Waals surface area contributed by atoms with Crippen molar-refractivity contribution in [2.45, 2.75) is 32.2 Å². The summed E-state index contributed by atoms with van der Waals surface area (Å²) in [6.07, 6.45) is 5.44. The molecule has 1 aliphatic heterocycles. The summed E-state index contributed by atoms with van der Waals surface area (Å²) in [5.74, 6) is 2.18. The van der Waals surface area contributed by atoms with Crippen LogP contribution >= 0.6 is 0 Å². The van der Waals surface area contributed by atoms with Gasteiger partial charge in [-0.25, -0.2) is 4.98 Å². The lowest BCUT2D eigenvalue weighted by Gasteiger charge is -2.31. The number of aromatic amines is 1. The number of para-hydroxylation sites is 2. The van der Waals surface area contributed by atoms with Crippen LogP contribution in [0.4, 0.5) is 0 Å². The fourth-order valence-corrected chi connectivity index (χ4v) is 3.77. The molecule has 142 valence electrons. The van der Waals surface area contributed by atoms with Crippen molar-refractivity contribution >= 4 is 16.9 Å². The van der Waals surface area contributed by atoms with Crippen molar-refractivity contribution in [3.8, 4) is 0 Å². The molecule has 0 saturated carbocycles. The molecular weight excluding hydrogens is 340 g/mol. The number of aryl methyl sites for hydroxylation is 1. The molecule has 1 atom stereocenters. The normalized spacial score (nSPS) is 18.0. The summed E-state index contributed by atoms with van der Waals surface area (Å²) >= 11 is 0. The molecule has 0 bridgehead atoms. The number of fused-ring (bicyclic) bond motifs is 1. The van der Waals surface area contributed by atoms with E-state index in [4.69, 9.17) is 4.42 Å². The number of nitrogens with zero attached hydrogens (tertiary/aromatic N) is 2.